The van der Waals surface area contributed by atoms with E-state index in [0.717, 1.165) is 19.3 Å². The molecule has 2 fully saturated rings. The van der Waals surface area contributed by atoms with Crippen LogP contribution >= 0.6 is 18.2 Å². The molecule has 1 aliphatic heterocycles. The van der Waals surface area contributed by atoms with E-state index in [1.54, 1.807) is 0 Å². The quantitative estimate of drug-likeness (QED) is 0.609. The summed E-state index contributed by atoms with van der Waals surface area (Å²) in [5.41, 5.74) is -0.554. The third kappa shape index (κ3) is 1.88. The van der Waals surface area contributed by atoms with Crippen LogP contribution in [0, 0.1) is 5.41 Å². The minimum absolute atomic E-state index is 0.0293. The monoisotopic (exact) mass is 252 g/mol. The van der Waals surface area contributed by atoms with E-state index >= 15 is 0 Å². The summed E-state index contributed by atoms with van der Waals surface area (Å²) in [6.07, 6.45) is 4.24. The van der Waals surface area contributed by atoms with Crippen molar-refractivity contribution in [1.29, 1.82) is 0 Å². The van der Waals surface area contributed by atoms with Crippen LogP contribution in [0.3, 0.4) is 0 Å². The van der Waals surface area contributed by atoms with E-state index in [1.165, 1.54) is 6.42 Å². The molecule has 0 aromatic heterocycles. The fraction of sp³-hybridized carbons (Fsp3) is 1.00. The lowest BCUT2D eigenvalue weighted by Crippen LogP contribution is -2.55. The zero-order valence-corrected chi connectivity index (χ0v) is 11.1. The lowest BCUT2D eigenvalue weighted by atomic mass is 9.64. The summed E-state index contributed by atoms with van der Waals surface area (Å²) in [6.45, 7) is 2.70. The highest BCUT2D eigenvalue weighted by molar-refractivity contribution is 7.81. The number of fused-ring (bicyclic) bond motifs is 1. The highest BCUT2D eigenvalue weighted by Crippen LogP contribution is 2.68. The summed E-state index contributed by atoms with van der Waals surface area (Å²) in [6, 6.07) is 0. The van der Waals surface area contributed by atoms with E-state index in [9.17, 15) is 4.57 Å². The van der Waals surface area contributed by atoms with Crippen LogP contribution in [0.25, 0.3) is 0 Å². The molecule has 2 aliphatic rings. The summed E-state index contributed by atoms with van der Waals surface area (Å²) in [4.78, 5) is 0. The van der Waals surface area contributed by atoms with Gasteiger partial charge in [0, 0.05) is 16.7 Å². The van der Waals surface area contributed by atoms with Gasteiger partial charge in [0.2, 0.25) is 0 Å². The van der Waals surface area contributed by atoms with Gasteiger partial charge in [-0.25, -0.2) is 4.57 Å². The van der Waals surface area contributed by atoms with E-state index in [1.807, 2.05) is 13.8 Å². The van der Waals surface area contributed by atoms with E-state index in [4.69, 9.17) is 20.3 Å². The smallest absolute Gasteiger partial charge is 0.293 e. The Bertz CT molecular complexity index is 318. The van der Waals surface area contributed by atoms with Gasteiger partial charge in [-0.2, -0.15) is 0 Å². The summed E-state index contributed by atoms with van der Waals surface area (Å²) in [5, 5.41) is 0. The Balaban J connectivity index is 2.35. The third-order valence-corrected chi connectivity index (χ3v) is 5.72. The zero-order chi connectivity index (χ0) is 11.3. The van der Waals surface area contributed by atoms with Gasteiger partial charge in [0.05, 0.1) is 11.7 Å². The molecule has 5 heteroatoms. The standard InChI is InChI=1S/C10H18ClO3P/c1-9(2)10(3)7-5-4-6-8(10)13-15(11,12)14-9/h8H,4-7H2,1-3H3. The highest BCUT2D eigenvalue weighted by atomic mass is 35.7. The first-order valence-corrected chi connectivity index (χ1v) is 7.90. The second-order valence-electron chi connectivity index (χ2n) is 5.29. The number of hydrogen-bond acceptors (Lipinski definition) is 3. The number of rotatable bonds is 0. The minimum Gasteiger partial charge on any atom is -0.293 e. The highest BCUT2D eigenvalue weighted by Gasteiger charge is 2.57. The van der Waals surface area contributed by atoms with Crippen LogP contribution in [0.5, 0.6) is 0 Å². The molecule has 0 N–H and O–H groups in total. The van der Waals surface area contributed by atoms with Crippen LogP contribution < -0.4 is 0 Å². The van der Waals surface area contributed by atoms with Gasteiger partial charge in [0.15, 0.2) is 0 Å². The molecule has 0 amide bonds. The largest absolute Gasteiger partial charge is 0.425 e. The SMILES string of the molecule is CC1(C)OP(=O)(Cl)OC2CCCCC21C. The summed E-state index contributed by atoms with van der Waals surface area (Å²) in [5.74, 6) is 0. The average Bonchev–Trinajstić information content (AvgIpc) is 2.04. The average molecular weight is 253 g/mol. The molecular formula is C10H18ClO3P. The van der Waals surface area contributed by atoms with Gasteiger partial charge in [0.1, 0.15) is 0 Å². The van der Waals surface area contributed by atoms with E-state index in [-0.39, 0.29) is 11.5 Å². The second-order valence-corrected chi connectivity index (χ2v) is 7.79. The van der Waals surface area contributed by atoms with Crippen molar-refractivity contribution in [3.63, 3.8) is 0 Å². The van der Waals surface area contributed by atoms with Gasteiger partial charge in [0.25, 0.3) is 0 Å². The summed E-state index contributed by atoms with van der Waals surface area (Å²) in [7, 11) is 0. The summed E-state index contributed by atoms with van der Waals surface area (Å²) < 4.78 is 22.6. The Kier molecular flexibility index (Phi) is 2.75. The molecular weight excluding hydrogens is 235 g/mol. The Morgan fingerprint density at radius 3 is 2.67 bits per heavy atom. The van der Waals surface area contributed by atoms with Gasteiger partial charge in [-0.1, -0.05) is 19.8 Å². The van der Waals surface area contributed by atoms with Gasteiger partial charge in [-0.05, 0) is 26.7 Å². The molecule has 2 rings (SSSR count). The van der Waals surface area contributed by atoms with Crippen LogP contribution in [-0.4, -0.2) is 11.7 Å². The third-order valence-electron chi connectivity index (χ3n) is 4.09. The van der Waals surface area contributed by atoms with Crippen molar-refractivity contribution in [2.45, 2.75) is 58.2 Å². The molecule has 3 unspecified atom stereocenters. The Labute approximate surface area is 95.8 Å². The lowest BCUT2D eigenvalue weighted by molar-refractivity contribution is -0.150. The van der Waals surface area contributed by atoms with Crippen LogP contribution in [0.1, 0.15) is 46.5 Å². The maximum absolute atomic E-state index is 11.8. The molecule has 0 radical (unpaired) electrons. The van der Waals surface area contributed by atoms with Crippen molar-refractivity contribution in [1.82, 2.24) is 0 Å². The van der Waals surface area contributed by atoms with Gasteiger partial charge in [-0.3, -0.25) is 9.05 Å². The van der Waals surface area contributed by atoms with Crippen molar-refractivity contribution in [2.75, 3.05) is 0 Å². The van der Waals surface area contributed by atoms with Crippen LogP contribution in [0.15, 0.2) is 0 Å². The molecule has 1 heterocycles. The molecule has 88 valence electrons. The fourth-order valence-corrected chi connectivity index (χ4v) is 4.95. The van der Waals surface area contributed by atoms with Crippen LogP contribution in [0.2, 0.25) is 0 Å². The molecule has 0 aromatic carbocycles. The van der Waals surface area contributed by atoms with E-state index in [0.29, 0.717) is 0 Å². The Morgan fingerprint density at radius 2 is 2.00 bits per heavy atom. The predicted molar refractivity (Wildman–Crippen MR) is 60.1 cm³/mol. The van der Waals surface area contributed by atoms with Crippen molar-refractivity contribution < 1.29 is 13.6 Å². The number of hydrogen-bond donors (Lipinski definition) is 0. The van der Waals surface area contributed by atoms with Gasteiger partial charge >= 0.3 is 6.95 Å². The molecule has 3 nitrogen and oxygen atoms in total. The maximum atomic E-state index is 11.8. The van der Waals surface area contributed by atoms with E-state index < -0.39 is 12.5 Å². The molecule has 3 atom stereocenters. The maximum Gasteiger partial charge on any atom is 0.425 e. The first-order chi connectivity index (χ1) is 6.77. The molecule has 0 spiro atoms. The van der Waals surface area contributed by atoms with Crippen molar-refractivity contribution in [3.8, 4) is 0 Å². The first-order valence-electron chi connectivity index (χ1n) is 5.46. The topological polar surface area (TPSA) is 35.5 Å². The summed E-state index contributed by atoms with van der Waals surface area (Å²) >= 11 is 5.75. The first kappa shape index (κ1) is 11.9. The minimum atomic E-state index is -3.37. The molecule has 1 saturated carbocycles. The Morgan fingerprint density at radius 1 is 1.33 bits per heavy atom. The van der Waals surface area contributed by atoms with Crippen molar-refractivity contribution in [2.24, 2.45) is 5.41 Å². The molecule has 1 aliphatic carbocycles. The van der Waals surface area contributed by atoms with Crippen LogP contribution in [0.4, 0.5) is 0 Å². The van der Waals surface area contributed by atoms with Crippen LogP contribution in [-0.2, 0) is 13.6 Å². The van der Waals surface area contributed by atoms with Crippen molar-refractivity contribution in [3.05, 3.63) is 0 Å². The zero-order valence-electron chi connectivity index (χ0n) is 9.46. The second kappa shape index (κ2) is 3.46. The van der Waals surface area contributed by atoms with Gasteiger partial charge in [-0.15, -0.1) is 0 Å². The Hall–Kier alpha value is 0.440. The fourth-order valence-electron chi connectivity index (χ4n) is 2.71. The lowest BCUT2D eigenvalue weighted by Gasteiger charge is -2.54. The molecule has 0 bridgehead atoms. The molecule has 0 aromatic rings. The van der Waals surface area contributed by atoms with Gasteiger partial charge < -0.3 is 0 Å². The van der Waals surface area contributed by atoms with E-state index in [2.05, 4.69) is 6.92 Å². The van der Waals surface area contributed by atoms with Crippen molar-refractivity contribution >= 4 is 18.2 Å². The number of halogens is 1. The molecule has 1 saturated heterocycles. The predicted octanol–water partition coefficient (Wildman–Crippen LogP) is 4.11. The normalized spacial score (nSPS) is 49.7. The molecule has 15 heavy (non-hydrogen) atoms.